The summed E-state index contributed by atoms with van der Waals surface area (Å²) in [5.74, 6) is -0.256. The molecule has 0 fully saturated rings. The molecule has 34 heavy (non-hydrogen) atoms. The Bertz CT molecular complexity index is 1580. The van der Waals surface area contributed by atoms with Crippen molar-refractivity contribution in [1.82, 2.24) is 14.5 Å². The largest absolute Gasteiger partial charge is 0.298 e. The SMILES string of the molecule is Cc1cc(C)c(-c2csc(NC(=O)c3ccc(-n4cnc5ccccc5c4=O)cc3)n2)c(C)c1. The van der Waals surface area contributed by atoms with Crippen LogP contribution in [0, 0.1) is 20.8 Å². The number of thiazole rings is 1. The van der Waals surface area contributed by atoms with Gasteiger partial charge >= 0.3 is 0 Å². The highest BCUT2D eigenvalue weighted by atomic mass is 32.1. The van der Waals surface area contributed by atoms with E-state index in [2.05, 4.69) is 48.2 Å². The van der Waals surface area contributed by atoms with Crippen LogP contribution in [0.3, 0.4) is 0 Å². The molecule has 168 valence electrons. The van der Waals surface area contributed by atoms with Crippen molar-refractivity contribution in [2.24, 2.45) is 0 Å². The minimum atomic E-state index is -0.256. The van der Waals surface area contributed by atoms with Crippen molar-refractivity contribution in [3.8, 4) is 16.9 Å². The first-order chi connectivity index (χ1) is 16.4. The van der Waals surface area contributed by atoms with Crippen molar-refractivity contribution >= 4 is 33.3 Å². The second kappa shape index (κ2) is 8.68. The summed E-state index contributed by atoms with van der Waals surface area (Å²) in [5.41, 5.74) is 7.11. The van der Waals surface area contributed by atoms with Crippen LogP contribution in [-0.2, 0) is 0 Å². The molecule has 0 aliphatic rings. The van der Waals surface area contributed by atoms with Gasteiger partial charge in [0.1, 0.15) is 6.33 Å². The zero-order valence-corrected chi connectivity index (χ0v) is 19.8. The van der Waals surface area contributed by atoms with Gasteiger partial charge < -0.3 is 0 Å². The fourth-order valence-electron chi connectivity index (χ4n) is 4.23. The number of nitrogens with zero attached hydrogens (tertiary/aromatic N) is 3. The maximum absolute atomic E-state index is 12.8. The second-order valence-electron chi connectivity index (χ2n) is 8.25. The predicted molar refractivity (Wildman–Crippen MR) is 137 cm³/mol. The second-order valence-corrected chi connectivity index (χ2v) is 9.11. The standard InChI is InChI=1S/C27H22N4O2S/c1-16-12-17(2)24(18(3)13-16)23-14-34-27(29-23)30-25(32)19-8-10-20(11-9-19)31-15-28-22-7-5-4-6-21(22)26(31)33/h4-15H,1-3H3,(H,29,30,32). The van der Waals surface area contributed by atoms with Gasteiger partial charge in [-0.3, -0.25) is 19.5 Å². The number of anilines is 1. The van der Waals surface area contributed by atoms with Crippen molar-refractivity contribution in [1.29, 1.82) is 0 Å². The molecule has 0 atom stereocenters. The average Bonchev–Trinajstić information content (AvgIpc) is 3.26. The minimum absolute atomic E-state index is 0.153. The van der Waals surface area contributed by atoms with Gasteiger partial charge in [-0.2, -0.15) is 0 Å². The molecular formula is C27H22N4O2S. The molecule has 1 amide bonds. The molecule has 0 bridgehead atoms. The summed E-state index contributed by atoms with van der Waals surface area (Å²) in [6.07, 6.45) is 1.51. The summed E-state index contributed by atoms with van der Waals surface area (Å²) in [5, 5.41) is 5.93. The van der Waals surface area contributed by atoms with Crippen molar-refractivity contribution < 1.29 is 4.79 Å². The summed E-state index contributed by atoms with van der Waals surface area (Å²) < 4.78 is 1.48. The lowest BCUT2D eigenvalue weighted by molar-refractivity contribution is 0.102. The summed E-state index contributed by atoms with van der Waals surface area (Å²) in [6, 6.07) is 18.3. The van der Waals surface area contributed by atoms with Gasteiger partial charge in [0, 0.05) is 16.5 Å². The van der Waals surface area contributed by atoms with Crippen LogP contribution in [0.5, 0.6) is 0 Å². The van der Waals surface area contributed by atoms with Gasteiger partial charge in [-0.1, -0.05) is 29.8 Å². The number of hydrogen-bond acceptors (Lipinski definition) is 5. The number of para-hydroxylation sites is 1. The third-order valence-electron chi connectivity index (χ3n) is 5.73. The Labute approximate surface area is 200 Å². The van der Waals surface area contributed by atoms with Crippen LogP contribution < -0.4 is 10.9 Å². The third-order valence-corrected chi connectivity index (χ3v) is 6.49. The molecule has 2 heterocycles. The van der Waals surface area contributed by atoms with Crippen molar-refractivity contribution in [3.05, 3.63) is 105 Å². The fraction of sp³-hybridized carbons (Fsp3) is 0.111. The summed E-state index contributed by atoms with van der Waals surface area (Å²) in [4.78, 5) is 34.6. The Hall–Kier alpha value is -4.10. The van der Waals surface area contributed by atoms with Gasteiger partial charge in [0.15, 0.2) is 5.13 Å². The topological polar surface area (TPSA) is 76.9 Å². The maximum Gasteiger partial charge on any atom is 0.265 e. The molecule has 6 nitrogen and oxygen atoms in total. The maximum atomic E-state index is 12.8. The molecule has 0 aliphatic heterocycles. The number of benzene rings is 3. The molecule has 0 aliphatic carbocycles. The van der Waals surface area contributed by atoms with E-state index in [1.807, 2.05) is 17.5 Å². The molecule has 0 radical (unpaired) electrons. The molecule has 5 aromatic rings. The number of nitrogens with one attached hydrogen (secondary N) is 1. The first kappa shape index (κ1) is 21.7. The normalized spacial score (nSPS) is 11.0. The molecular weight excluding hydrogens is 444 g/mol. The third kappa shape index (κ3) is 4.02. The highest BCUT2D eigenvalue weighted by Gasteiger charge is 2.14. The summed E-state index contributed by atoms with van der Waals surface area (Å²) in [7, 11) is 0. The lowest BCUT2D eigenvalue weighted by Crippen LogP contribution is -2.19. The minimum Gasteiger partial charge on any atom is -0.298 e. The molecule has 2 aromatic heterocycles. The Balaban J connectivity index is 1.36. The Morgan fingerprint density at radius 3 is 2.41 bits per heavy atom. The molecule has 5 rings (SSSR count). The van der Waals surface area contributed by atoms with E-state index >= 15 is 0 Å². The van der Waals surface area contributed by atoms with Gasteiger partial charge in [0.2, 0.25) is 0 Å². The van der Waals surface area contributed by atoms with Crippen LogP contribution in [0.1, 0.15) is 27.0 Å². The quantitative estimate of drug-likeness (QED) is 0.369. The van der Waals surface area contributed by atoms with Crippen LogP contribution in [-0.4, -0.2) is 20.4 Å². The van der Waals surface area contributed by atoms with Crippen LogP contribution in [0.25, 0.3) is 27.8 Å². The van der Waals surface area contributed by atoms with Crippen molar-refractivity contribution in [2.45, 2.75) is 20.8 Å². The number of aryl methyl sites for hydroxylation is 3. The lowest BCUT2D eigenvalue weighted by Gasteiger charge is -2.09. The van der Waals surface area contributed by atoms with E-state index in [1.165, 1.54) is 27.8 Å². The van der Waals surface area contributed by atoms with Crippen LogP contribution >= 0.6 is 11.3 Å². The Kier molecular flexibility index (Phi) is 5.55. The van der Waals surface area contributed by atoms with E-state index in [-0.39, 0.29) is 11.5 Å². The molecule has 0 unspecified atom stereocenters. The van der Waals surface area contributed by atoms with E-state index < -0.39 is 0 Å². The van der Waals surface area contributed by atoms with Crippen LogP contribution in [0.15, 0.2) is 77.2 Å². The van der Waals surface area contributed by atoms with Crippen LogP contribution in [0.4, 0.5) is 5.13 Å². The number of aromatic nitrogens is 3. The van der Waals surface area contributed by atoms with Gasteiger partial charge in [0.05, 0.1) is 22.3 Å². The van der Waals surface area contributed by atoms with E-state index in [9.17, 15) is 9.59 Å². The monoisotopic (exact) mass is 466 g/mol. The van der Waals surface area contributed by atoms with Crippen LogP contribution in [0.2, 0.25) is 0 Å². The summed E-state index contributed by atoms with van der Waals surface area (Å²) in [6.45, 7) is 6.23. The smallest absolute Gasteiger partial charge is 0.265 e. The molecule has 7 heteroatoms. The summed E-state index contributed by atoms with van der Waals surface area (Å²) >= 11 is 1.40. The molecule has 0 saturated heterocycles. The van der Waals surface area contributed by atoms with Gasteiger partial charge in [-0.15, -0.1) is 11.3 Å². The average molecular weight is 467 g/mol. The van der Waals surface area contributed by atoms with E-state index in [0.717, 1.165) is 22.4 Å². The molecule has 0 spiro atoms. The first-order valence-corrected chi connectivity index (χ1v) is 11.7. The van der Waals surface area contributed by atoms with Crippen molar-refractivity contribution in [2.75, 3.05) is 5.32 Å². The Morgan fingerprint density at radius 2 is 1.68 bits per heavy atom. The molecule has 3 aromatic carbocycles. The van der Waals surface area contributed by atoms with Gasteiger partial charge in [0.25, 0.3) is 11.5 Å². The predicted octanol–water partition coefficient (Wildman–Crippen LogP) is 5.69. The van der Waals surface area contributed by atoms with Crippen molar-refractivity contribution in [3.63, 3.8) is 0 Å². The number of hydrogen-bond donors (Lipinski definition) is 1. The Morgan fingerprint density at radius 1 is 0.971 bits per heavy atom. The number of carbonyl (C=O) groups is 1. The zero-order chi connectivity index (χ0) is 23.8. The number of amides is 1. The fourth-order valence-corrected chi connectivity index (χ4v) is 4.92. The van der Waals surface area contributed by atoms with E-state index in [4.69, 9.17) is 0 Å². The first-order valence-electron chi connectivity index (χ1n) is 10.8. The number of fused-ring (bicyclic) bond motifs is 1. The highest BCUT2D eigenvalue weighted by Crippen LogP contribution is 2.31. The van der Waals surface area contributed by atoms with Gasteiger partial charge in [-0.05, 0) is 68.3 Å². The molecule has 0 saturated carbocycles. The highest BCUT2D eigenvalue weighted by molar-refractivity contribution is 7.14. The zero-order valence-electron chi connectivity index (χ0n) is 19.0. The van der Waals surface area contributed by atoms with Gasteiger partial charge in [-0.25, -0.2) is 9.97 Å². The lowest BCUT2D eigenvalue weighted by atomic mass is 9.98. The van der Waals surface area contributed by atoms with E-state index in [0.29, 0.717) is 27.3 Å². The number of rotatable bonds is 4. The van der Waals surface area contributed by atoms with E-state index in [1.54, 1.807) is 36.4 Å². The number of carbonyl (C=O) groups excluding carboxylic acids is 1. The molecule has 1 N–H and O–H groups in total.